The van der Waals surface area contributed by atoms with Crippen molar-refractivity contribution >= 4 is 41.1 Å². The van der Waals surface area contributed by atoms with E-state index < -0.39 is 16.5 Å². The molecule has 0 aliphatic heterocycles. The van der Waals surface area contributed by atoms with Crippen molar-refractivity contribution in [3.8, 4) is 0 Å². The van der Waals surface area contributed by atoms with E-state index in [0.717, 1.165) is 0 Å². The van der Waals surface area contributed by atoms with Gasteiger partial charge in [0.1, 0.15) is 0 Å². The molecule has 1 atom stereocenters. The van der Waals surface area contributed by atoms with Crippen LogP contribution >= 0.6 is 0 Å². The Morgan fingerprint density at radius 1 is 1.21 bits per heavy atom. The Labute approximate surface area is 131 Å². The van der Waals surface area contributed by atoms with Crippen LogP contribution in [0, 0.1) is 0 Å². The second-order valence-corrected chi connectivity index (χ2v) is 5.18. The molecule has 0 heterocycles. The van der Waals surface area contributed by atoms with Gasteiger partial charge >= 0.3 is 71.5 Å². The van der Waals surface area contributed by atoms with E-state index in [-0.39, 0.29) is 6.61 Å². The average molecular weight is 302 g/mol. The summed E-state index contributed by atoms with van der Waals surface area (Å²) in [7, 11) is -4.67. The van der Waals surface area contributed by atoms with Crippen molar-refractivity contribution in [3.63, 3.8) is 0 Å². The maximum atomic E-state index is 8.74. The van der Waals surface area contributed by atoms with Crippen LogP contribution in [0.2, 0.25) is 0 Å². The van der Waals surface area contributed by atoms with Gasteiger partial charge in [-0.2, -0.15) is 8.42 Å². The molecule has 1 unspecified atom stereocenters. The summed E-state index contributed by atoms with van der Waals surface area (Å²) < 4.78 is 33.0. The van der Waals surface area contributed by atoms with Gasteiger partial charge in [-0.3, -0.25) is 9.11 Å². The zero-order chi connectivity index (χ0) is 15.9. The normalized spacial score (nSPS) is 10.5. The Hall–Kier alpha value is -0.250. The summed E-state index contributed by atoms with van der Waals surface area (Å²) in [5, 5.41) is 16.0. The van der Waals surface area contributed by atoms with E-state index in [0.29, 0.717) is 0 Å². The van der Waals surface area contributed by atoms with E-state index in [4.69, 9.17) is 27.7 Å². The number of benzene rings is 1. The molecule has 19 heavy (non-hydrogen) atoms. The number of aliphatic hydroxyl groups excluding tert-OH is 2. The van der Waals surface area contributed by atoms with Crippen molar-refractivity contribution < 1.29 is 27.7 Å². The summed E-state index contributed by atoms with van der Waals surface area (Å²) in [6.07, 6.45) is -0.560. The molecule has 0 radical (unpaired) electrons. The van der Waals surface area contributed by atoms with Gasteiger partial charge in [0.2, 0.25) is 0 Å². The van der Waals surface area contributed by atoms with E-state index in [1.54, 1.807) is 0 Å². The average Bonchev–Trinajstić information content (AvgIpc) is 2.31. The molecule has 1 rings (SSSR count). The fourth-order valence-electron chi connectivity index (χ4n) is 0.534. The monoisotopic (exact) mass is 302 g/mol. The van der Waals surface area contributed by atoms with Crippen molar-refractivity contribution in [1.29, 1.82) is 0 Å². The van der Waals surface area contributed by atoms with Gasteiger partial charge in [0.15, 0.2) is 0 Å². The summed E-state index contributed by atoms with van der Waals surface area (Å²) in [6, 6.07) is 10.5. The number of aliphatic hydroxyl groups is 2. The molecular formula is C11H19NaO6S. The summed E-state index contributed by atoms with van der Waals surface area (Å²) in [6.45, 7) is 7.39. The molecule has 0 aliphatic carbocycles. The van der Waals surface area contributed by atoms with Crippen molar-refractivity contribution in [3.05, 3.63) is 43.5 Å². The zero-order valence-corrected chi connectivity index (χ0v) is 13.9. The first-order valence-corrected chi connectivity index (χ1v) is 7.57. The first-order chi connectivity index (χ1) is 8.66. The Kier molecular flexibility index (Phi) is 19.8. The van der Waals surface area contributed by atoms with E-state index in [9.17, 15) is 0 Å². The van der Waals surface area contributed by atoms with Gasteiger partial charge in [-0.05, 0) is 6.92 Å². The van der Waals surface area contributed by atoms with Gasteiger partial charge in [-0.25, -0.2) is 0 Å². The quantitative estimate of drug-likeness (QED) is 0.329. The summed E-state index contributed by atoms with van der Waals surface area (Å²) in [5.41, 5.74) is 0. The van der Waals surface area contributed by atoms with Crippen LogP contribution in [0.25, 0.3) is 0 Å². The van der Waals surface area contributed by atoms with Gasteiger partial charge in [0.25, 0.3) is 0 Å². The number of rotatable bonds is 1. The molecule has 0 fully saturated rings. The van der Waals surface area contributed by atoms with Crippen LogP contribution in [0.4, 0.5) is 0 Å². The molecule has 1 aromatic rings. The van der Waals surface area contributed by atoms with E-state index >= 15 is 0 Å². The zero-order valence-electron chi connectivity index (χ0n) is 11.1. The third-order valence-corrected chi connectivity index (χ3v) is 1.87. The third-order valence-electron chi connectivity index (χ3n) is 1.20. The molecule has 0 amide bonds. The predicted molar refractivity (Wildman–Crippen MR) is 76.0 cm³/mol. The Balaban J connectivity index is -0.000000194. The minimum atomic E-state index is -4.67. The van der Waals surface area contributed by atoms with Gasteiger partial charge < -0.3 is 10.2 Å². The van der Waals surface area contributed by atoms with Gasteiger partial charge in [-0.1, -0.05) is 0 Å². The first-order valence-electron chi connectivity index (χ1n) is 5.17. The predicted octanol–water partition coefficient (Wildman–Crippen LogP) is -0.0107. The second kappa shape index (κ2) is 15.8. The molecule has 1 aromatic carbocycles. The fraction of sp³-hybridized carbons (Fsp3) is 0.273. The first kappa shape index (κ1) is 23.8. The maximum absolute atomic E-state index is 8.74. The molecule has 0 spiro atoms. The number of hydrogen-bond donors (Lipinski definition) is 4. The molecule has 0 aromatic heterocycles. The molecule has 0 bridgehead atoms. The molecular weight excluding hydrogens is 283 g/mol. The van der Waals surface area contributed by atoms with Gasteiger partial charge in [-0.15, -0.1) is 13.2 Å². The minimum absolute atomic E-state index is 0.139. The summed E-state index contributed by atoms with van der Waals surface area (Å²) in [5.74, 6) is 0. The SMILES string of the molecule is C=C.CC(O)CO.O=S(=O)(O)O.[Na][c]1ccccc1. The van der Waals surface area contributed by atoms with Crippen LogP contribution in [0.15, 0.2) is 43.5 Å². The van der Waals surface area contributed by atoms with E-state index in [1.807, 2.05) is 6.07 Å². The van der Waals surface area contributed by atoms with Crippen LogP contribution in [0.5, 0.6) is 0 Å². The van der Waals surface area contributed by atoms with Gasteiger partial charge in [0.05, 0.1) is 12.7 Å². The standard InChI is InChI=1S/C6H5.C3H8O2.C2H4.Na.H2O4S/c1-2-4-6-5-3-1;1-3(5)2-4;1-2;;1-5(2,3)4/h1-5H;3-5H,2H2,1H3;1-2H2;;(H2,1,2,3,4). The summed E-state index contributed by atoms with van der Waals surface area (Å²) >= 11 is 1.17. The molecule has 8 heteroatoms. The summed E-state index contributed by atoms with van der Waals surface area (Å²) in [4.78, 5) is 0. The van der Waals surface area contributed by atoms with Crippen LogP contribution in [0.1, 0.15) is 6.92 Å². The molecule has 106 valence electrons. The molecule has 0 saturated heterocycles. The van der Waals surface area contributed by atoms with E-state index in [2.05, 4.69) is 37.4 Å². The van der Waals surface area contributed by atoms with Crippen LogP contribution in [-0.4, -0.2) is 68.4 Å². The van der Waals surface area contributed by atoms with Crippen molar-refractivity contribution in [2.24, 2.45) is 0 Å². The Morgan fingerprint density at radius 2 is 1.47 bits per heavy atom. The Morgan fingerprint density at radius 3 is 1.58 bits per heavy atom. The van der Waals surface area contributed by atoms with Gasteiger partial charge in [0, 0.05) is 0 Å². The van der Waals surface area contributed by atoms with Crippen LogP contribution < -0.4 is 2.81 Å². The number of hydrogen-bond acceptors (Lipinski definition) is 4. The second-order valence-electron chi connectivity index (χ2n) is 3.13. The van der Waals surface area contributed by atoms with Crippen LogP contribution in [0.3, 0.4) is 0 Å². The topological polar surface area (TPSA) is 115 Å². The van der Waals surface area contributed by atoms with Crippen molar-refractivity contribution in [2.45, 2.75) is 13.0 Å². The molecule has 0 saturated carbocycles. The van der Waals surface area contributed by atoms with Crippen LogP contribution in [-0.2, 0) is 10.4 Å². The molecule has 4 N–H and O–H groups in total. The third kappa shape index (κ3) is 46.3. The molecule has 0 aliphatic rings. The fourth-order valence-corrected chi connectivity index (χ4v) is 0.919. The van der Waals surface area contributed by atoms with Crippen molar-refractivity contribution in [2.75, 3.05) is 6.61 Å². The molecule has 6 nitrogen and oxygen atoms in total. The van der Waals surface area contributed by atoms with Crippen molar-refractivity contribution in [1.82, 2.24) is 0 Å². The Bertz CT molecular complexity index is 371. The van der Waals surface area contributed by atoms with E-state index in [1.165, 1.54) is 37.7 Å².